The van der Waals surface area contributed by atoms with Gasteiger partial charge in [-0.3, -0.25) is 4.79 Å². The molecule has 0 unspecified atom stereocenters. The third-order valence-electron chi connectivity index (χ3n) is 2.63. The second-order valence-corrected chi connectivity index (χ2v) is 4.51. The zero-order chi connectivity index (χ0) is 15.6. The van der Waals surface area contributed by atoms with Crippen LogP contribution in [0.5, 0.6) is 0 Å². The molecule has 0 heterocycles. The van der Waals surface area contributed by atoms with Crippen molar-refractivity contribution in [3.63, 3.8) is 0 Å². The molecular formula is C14H8ClF2NO3. The first-order valence-electron chi connectivity index (χ1n) is 5.67. The van der Waals surface area contributed by atoms with Gasteiger partial charge in [0, 0.05) is 5.02 Å². The van der Waals surface area contributed by atoms with Crippen molar-refractivity contribution in [1.29, 1.82) is 0 Å². The second kappa shape index (κ2) is 5.88. The summed E-state index contributed by atoms with van der Waals surface area (Å²) in [6, 6.07) is 6.13. The summed E-state index contributed by atoms with van der Waals surface area (Å²) >= 11 is 5.73. The Morgan fingerprint density at radius 1 is 1.05 bits per heavy atom. The predicted molar refractivity (Wildman–Crippen MR) is 72.7 cm³/mol. The fourth-order valence-corrected chi connectivity index (χ4v) is 1.84. The zero-order valence-electron chi connectivity index (χ0n) is 10.4. The lowest BCUT2D eigenvalue weighted by molar-refractivity contribution is 0.0698. The van der Waals surface area contributed by atoms with Crippen molar-refractivity contribution < 1.29 is 23.5 Å². The van der Waals surface area contributed by atoms with Gasteiger partial charge in [-0.15, -0.1) is 0 Å². The van der Waals surface area contributed by atoms with Gasteiger partial charge in [0.25, 0.3) is 5.91 Å². The van der Waals surface area contributed by atoms with Gasteiger partial charge in [-0.05, 0) is 36.4 Å². The van der Waals surface area contributed by atoms with Crippen molar-refractivity contribution in [3.8, 4) is 0 Å². The van der Waals surface area contributed by atoms with Gasteiger partial charge in [-0.2, -0.15) is 0 Å². The zero-order valence-corrected chi connectivity index (χ0v) is 11.1. The minimum absolute atomic E-state index is 0.108. The summed E-state index contributed by atoms with van der Waals surface area (Å²) in [7, 11) is 0. The van der Waals surface area contributed by atoms with Gasteiger partial charge in [0.2, 0.25) is 0 Å². The molecule has 7 heteroatoms. The minimum Gasteiger partial charge on any atom is -0.478 e. The van der Waals surface area contributed by atoms with Crippen molar-refractivity contribution in [2.45, 2.75) is 0 Å². The Morgan fingerprint density at radius 3 is 2.43 bits per heavy atom. The van der Waals surface area contributed by atoms with Crippen LogP contribution in [0.4, 0.5) is 14.5 Å². The first kappa shape index (κ1) is 14.9. The highest BCUT2D eigenvalue weighted by Gasteiger charge is 2.17. The maximum Gasteiger partial charge on any atom is 0.337 e. The number of carbonyl (C=O) groups excluding carboxylic acids is 1. The van der Waals surface area contributed by atoms with Crippen LogP contribution >= 0.6 is 11.6 Å². The van der Waals surface area contributed by atoms with Crippen LogP contribution in [-0.2, 0) is 0 Å². The van der Waals surface area contributed by atoms with Gasteiger partial charge in [0.15, 0.2) is 0 Å². The van der Waals surface area contributed by atoms with Gasteiger partial charge < -0.3 is 10.4 Å². The molecule has 0 bridgehead atoms. The van der Waals surface area contributed by atoms with E-state index in [9.17, 15) is 18.4 Å². The van der Waals surface area contributed by atoms with Crippen molar-refractivity contribution in [3.05, 3.63) is 64.2 Å². The first-order chi connectivity index (χ1) is 9.88. The number of hydrogen-bond acceptors (Lipinski definition) is 2. The predicted octanol–water partition coefficient (Wildman–Crippen LogP) is 3.57. The van der Waals surface area contributed by atoms with Crippen molar-refractivity contribution in [2.24, 2.45) is 0 Å². The van der Waals surface area contributed by atoms with Crippen LogP contribution in [-0.4, -0.2) is 17.0 Å². The molecule has 0 atom stereocenters. The Morgan fingerprint density at radius 2 is 1.76 bits per heavy atom. The van der Waals surface area contributed by atoms with Gasteiger partial charge in [-0.1, -0.05) is 11.6 Å². The molecule has 0 aliphatic heterocycles. The third-order valence-corrected chi connectivity index (χ3v) is 2.87. The summed E-state index contributed by atoms with van der Waals surface area (Å²) in [5, 5.41) is 11.4. The molecular weight excluding hydrogens is 304 g/mol. The second-order valence-electron chi connectivity index (χ2n) is 4.07. The van der Waals surface area contributed by atoms with E-state index in [1.54, 1.807) is 0 Å². The highest BCUT2D eigenvalue weighted by atomic mass is 35.5. The molecule has 4 nitrogen and oxygen atoms in total. The molecule has 0 radical (unpaired) electrons. The lowest BCUT2D eigenvalue weighted by Crippen LogP contribution is -2.16. The van der Waals surface area contributed by atoms with E-state index in [0.717, 1.165) is 18.2 Å². The maximum atomic E-state index is 13.5. The van der Waals surface area contributed by atoms with E-state index in [2.05, 4.69) is 5.32 Å². The quantitative estimate of drug-likeness (QED) is 0.910. The lowest BCUT2D eigenvalue weighted by atomic mass is 10.1. The monoisotopic (exact) mass is 311 g/mol. The van der Waals surface area contributed by atoms with E-state index in [4.69, 9.17) is 16.7 Å². The van der Waals surface area contributed by atoms with E-state index in [1.165, 1.54) is 18.2 Å². The smallest absolute Gasteiger partial charge is 0.337 e. The van der Waals surface area contributed by atoms with Crippen molar-refractivity contribution >= 4 is 29.2 Å². The van der Waals surface area contributed by atoms with E-state index < -0.39 is 29.1 Å². The summed E-state index contributed by atoms with van der Waals surface area (Å²) < 4.78 is 26.5. The Bertz CT molecular complexity index is 734. The SMILES string of the molecule is O=C(Nc1cc(Cl)ccc1C(=O)O)c1cc(F)ccc1F. The minimum atomic E-state index is -1.29. The van der Waals surface area contributed by atoms with E-state index in [0.29, 0.717) is 0 Å². The molecule has 21 heavy (non-hydrogen) atoms. The number of amides is 1. The molecule has 2 rings (SSSR count). The number of hydrogen-bond donors (Lipinski definition) is 2. The topological polar surface area (TPSA) is 66.4 Å². The first-order valence-corrected chi connectivity index (χ1v) is 6.05. The van der Waals surface area contributed by atoms with Crippen LogP contribution < -0.4 is 5.32 Å². The molecule has 0 aliphatic carbocycles. The number of aromatic carboxylic acids is 1. The van der Waals surface area contributed by atoms with Crippen LogP contribution in [0.3, 0.4) is 0 Å². The van der Waals surface area contributed by atoms with Crippen LogP contribution in [0.25, 0.3) is 0 Å². The van der Waals surface area contributed by atoms with E-state index >= 15 is 0 Å². The fourth-order valence-electron chi connectivity index (χ4n) is 1.67. The average molecular weight is 312 g/mol. The van der Waals surface area contributed by atoms with Gasteiger partial charge in [-0.25, -0.2) is 13.6 Å². The van der Waals surface area contributed by atoms with E-state index in [1.807, 2.05) is 0 Å². The van der Waals surface area contributed by atoms with Crippen LogP contribution in [0, 0.1) is 11.6 Å². The summed E-state index contributed by atoms with van der Waals surface area (Å²) in [5.74, 6) is -3.97. The van der Waals surface area contributed by atoms with Crippen LogP contribution in [0.15, 0.2) is 36.4 Å². The summed E-state index contributed by atoms with van der Waals surface area (Å²) in [5.41, 5.74) is -0.862. The van der Waals surface area contributed by atoms with Crippen LogP contribution in [0.1, 0.15) is 20.7 Å². The fraction of sp³-hybridized carbons (Fsp3) is 0. The molecule has 0 saturated heterocycles. The molecule has 2 aromatic rings. The number of rotatable bonds is 3. The number of carbonyl (C=O) groups is 2. The Kier molecular flexibility index (Phi) is 4.18. The van der Waals surface area contributed by atoms with Gasteiger partial charge in [0.05, 0.1) is 16.8 Å². The number of anilines is 1. The highest BCUT2D eigenvalue weighted by molar-refractivity contribution is 6.31. The molecule has 2 N–H and O–H groups in total. The largest absolute Gasteiger partial charge is 0.478 e. The summed E-state index contributed by atoms with van der Waals surface area (Å²) in [6.45, 7) is 0. The molecule has 1 amide bonds. The number of nitrogens with one attached hydrogen (secondary N) is 1. The molecule has 0 aromatic heterocycles. The van der Waals surface area contributed by atoms with Crippen molar-refractivity contribution in [1.82, 2.24) is 0 Å². The Hall–Kier alpha value is -2.47. The Labute approximate surface area is 123 Å². The molecule has 108 valence electrons. The van der Waals surface area contributed by atoms with Gasteiger partial charge >= 0.3 is 5.97 Å². The number of carboxylic acid groups (broad SMARTS) is 1. The average Bonchev–Trinajstić information content (AvgIpc) is 2.41. The maximum absolute atomic E-state index is 13.5. The normalized spacial score (nSPS) is 10.2. The molecule has 0 spiro atoms. The Balaban J connectivity index is 2.38. The van der Waals surface area contributed by atoms with E-state index in [-0.39, 0.29) is 16.3 Å². The lowest BCUT2D eigenvalue weighted by Gasteiger charge is -2.09. The highest BCUT2D eigenvalue weighted by Crippen LogP contribution is 2.22. The molecule has 0 aliphatic rings. The van der Waals surface area contributed by atoms with Crippen LogP contribution in [0.2, 0.25) is 5.02 Å². The van der Waals surface area contributed by atoms with Crippen molar-refractivity contribution in [2.75, 3.05) is 5.32 Å². The molecule has 0 fully saturated rings. The summed E-state index contributed by atoms with van der Waals surface area (Å²) in [4.78, 5) is 23.0. The van der Waals surface area contributed by atoms with Gasteiger partial charge in [0.1, 0.15) is 11.6 Å². The summed E-state index contributed by atoms with van der Waals surface area (Å²) in [6.07, 6.45) is 0. The number of halogens is 3. The molecule has 0 saturated carbocycles. The number of benzene rings is 2. The number of carboxylic acids is 1. The third kappa shape index (κ3) is 3.35. The molecule has 2 aromatic carbocycles. The standard InChI is InChI=1S/C14H8ClF2NO3/c15-7-1-3-9(14(20)21)12(5-7)18-13(19)10-6-8(16)2-4-11(10)17/h1-6H,(H,18,19)(H,20,21).